The van der Waals surface area contributed by atoms with Crippen LogP contribution in [0.15, 0.2) is 109 Å². The van der Waals surface area contributed by atoms with Gasteiger partial charge in [-0.2, -0.15) is 0 Å². The van der Waals surface area contributed by atoms with Crippen LogP contribution in [0.4, 0.5) is 0 Å². The van der Waals surface area contributed by atoms with Crippen LogP contribution in [0.25, 0.3) is 0 Å². The molecule has 1 atom stereocenters. The Morgan fingerprint density at radius 3 is 1.70 bits per heavy atom. The average molecular weight is 440 g/mol. The van der Waals surface area contributed by atoms with Gasteiger partial charge >= 0.3 is 0 Å². The Morgan fingerprint density at radius 1 is 0.606 bits per heavy atom. The second-order valence-electron chi connectivity index (χ2n) is 7.89. The van der Waals surface area contributed by atoms with Crippen LogP contribution in [-0.2, 0) is 19.8 Å². The van der Waals surface area contributed by atoms with Crippen molar-refractivity contribution < 1.29 is 14.6 Å². The Balaban J connectivity index is 1.44. The first-order chi connectivity index (χ1) is 16.3. The van der Waals surface area contributed by atoms with E-state index >= 15 is 0 Å². The number of ether oxygens (including phenoxy) is 2. The molecule has 0 saturated carbocycles. The third kappa shape index (κ3) is 6.94. The molecule has 0 radical (unpaired) electrons. The molecule has 168 valence electrons. The average Bonchev–Trinajstić information content (AvgIpc) is 2.88. The molecule has 0 fully saturated rings. The third-order valence-electron chi connectivity index (χ3n) is 5.34. The molecule has 0 saturated heterocycles. The summed E-state index contributed by atoms with van der Waals surface area (Å²) in [6.45, 7) is 2.02. The van der Waals surface area contributed by atoms with Gasteiger partial charge in [-0.3, -0.25) is 0 Å². The Labute approximate surface area is 195 Å². The molecule has 33 heavy (non-hydrogen) atoms. The van der Waals surface area contributed by atoms with Crippen LogP contribution in [0.3, 0.4) is 0 Å². The molecule has 0 aliphatic heterocycles. The van der Waals surface area contributed by atoms with Crippen LogP contribution >= 0.6 is 0 Å². The van der Waals surface area contributed by atoms with Crippen LogP contribution in [0.5, 0.6) is 11.5 Å². The smallest absolute Gasteiger partial charge is 0.162 e. The van der Waals surface area contributed by atoms with Gasteiger partial charge in [0.1, 0.15) is 13.2 Å². The predicted molar refractivity (Wildman–Crippen MR) is 131 cm³/mol. The third-order valence-corrected chi connectivity index (χ3v) is 5.34. The summed E-state index contributed by atoms with van der Waals surface area (Å²) in [5.74, 6) is 1.28. The maximum absolute atomic E-state index is 10.7. The molecule has 0 aromatic heterocycles. The van der Waals surface area contributed by atoms with Gasteiger partial charge < -0.3 is 19.9 Å². The van der Waals surface area contributed by atoms with Crippen molar-refractivity contribution in [2.24, 2.45) is 0 Å². The lowest BCUT2D eigenvalue weighted by Gasteiger charge is -2.17. The number of rotatable bonds is 11. The number of benzene rings is 4. The normalized spacial score (nSPS) is 11.7. The van der Waals surface area contributed by atoms with E-state index in [0.29, 0.717) is 37.8 Å². The minimum atomic E-state index is -0.657. The summed E-state index contributed by atoms with van der Waals surface area (Å²) in [7, 11) is 0. The molecule has 4 nitrogen and oxygen atoms in total. The summed E-state index contributed by atoms with van der Waals surface area (Å²) in [5.41, 5.74) is 4.12. The van der Waals surface area contributed by atoms with Crippen LogP contribution in [0.1, 0.15) is 28.4 Å². The van der Waals surface area contributed by atoms with Gasteiger partial charge in [-0.05, 0) is 34.4 Å². The summed E-state index contributed by atoms with van der Waals surface area (Å²) >= 11 is 0. The van der Waals surface area contributed by atoms with E-state index in [-0.39, 0.29) is 0 Å². The molecule has 0 bridgehead atoms. The van der Waals surface area contributed by atoms with Crippen LogP contribution < -0.4 is 14.8 Å². The van der Waals surface area contributed by atoms with Gasteiger partial charge in [-0.25, -0.2) is 0 Å². The summed E-state index contributed by atoms with van der Waals surface area (Å²) in [4.78, 5) is 0. The number of hydrogen-bond donors (Lipinski definition) is 2. The maximum atomic E-state index is 10.7. The van der Waals surface area contributed by atoms with E-state index in [0.717, 1.165) is 16.7 Å². The van der Waals surface area contributed by atoms with Crippen molar-refractivity contribution in [1.29, 1.82) is 0 Å². The molecule has 4 heteroatoms. The van der Waals surface area contributed by atoms with Crippen molar-refractivity contribution in [2.75, 3.05) is 6.54 Å². The highest BCUT2D eigenvalue weighted by Crippen LogP contribution is 2.32. The lowest BCUT2D eigenvalue weighted by atomic mass is 10.1. The molecule has 4 rings (SSSR count). The van der Waals surface area contributed by atoms with E-state index < -0.39 is 6.10 Å². The highest BCUT2D eigenvalue weighted by Gasteiger charge is 2.13. The van der Waals surface area contributed by atoms with Gasteiger partial charge in [-0.15, -0.1) is 0 Å². The van der Waals surface area contributed by atoms with E-state index in [1.165, 1.54) is 5.56 Å². The molecule has 0 heterocycles. The minimum Gasteiger partial charge on any atom is -0.485 e. The Morgan fingerprint density at radius 2 is 1.12 bits per heavy atom. The molecule has 0 spiro atoms. The lowest BCUT2D eigenvalue weighted by molar-refractivity contribution is 0.173. The number of aliphatic hydroxyl groups excluding tert-OH is 1. The number of nitrogens with one attached hydrogen (secondary N) is 1. The van der Waals surface area contributed by atoms with Crippen LogP contribution in [0, 0.1) is 0 Å². The Hall–Kier alpha value is -3.60. The van der Waals surface area contributed by atoms with Crippen molar-refractivity contribution in [3.63, 3.8) is 0 Å². The highest BCUT2D eigenvalue weighted by molar-refractivity contribution is 5.44. The largest absolute Gasteiger partial charge is 0.485 e. The molecule has 0 amide bonds. The summed E-state index contributed by atoms with van der Waals surface area (Å²) in [6, 6.07) is 35.8. The molecule has 0 aliphatic carbocycles. The summed E-state index contributed by atoms with van der Waals surface area (Å²) in [5, 5.41) is 14.1. The number of hydrogen-bond acceptors (Lipinski definition) is 4. The van der Waals surface area contributed by atoms with Crippen molar-refractivity contribution in [2.45, 2.75) is 25.9 Å². The van der Waals surface area contributed by atoms with E-state index in [1.807, 2.05) is 97.1 Å². The van der Waals surface area contributed by atoms with Gasteiger partial charge in [0.15, 0.2) is 11.5 Å². The lowest BCUT2D eigenvalue weighted by Crippen LogP contribution is -2.21. The molecule has 2 N–H and O–H groups in total. The van der Waals surface area contributed by atoms with Gasteiger partial charge in [-0.1, -0.05) is 97.1 Å². The highest BCUT2D eigenvalue weighted by atomic mass is 16.5. The van der Waals surface area contributed by atoms with E-state index in [9.17, 15) is 5.11 Å². The van der Waals surface area contributed by atoms with Crippen molar-refractivity contribution in [3.05, 3.63) is 131 Å². The molecular weight excluding hydrogens is 410 g/mol. The van der Waals surface area contributed by atoms with E-state index in [2.05, 4.69) is 17.4 Å². The summed E-state index contributed by atoms with van der Waals surface area (Å²) < 4.78 is 12.2. The second-order valence-corrected chi connectivity index (χ2v) is 7.89. The van der Waals surface area contributed by atoms with Crippen LogP contribution in [-0.4, -0.2) is 11.7 Å². The fourth-order valence-corrected chi connectivity index (χ4v) is 3.50. The maximum Gasteiger partial charge on any atom is 0.162 e. The fraction of sp³-hybridized carbons (Fsp3) is 0.172. The molecule has 4 aromatic rings. The van der Waals surface area contributed by atoms with Crippen LogP contribution in [0.2, 0.25) is 0 Å². The predicted octanol–water partition coefficient (Wildman–Crippen LogP) is 5.67. The first-order valence-corrected chi connectivity index (χ1v) is 11.2. The first kappa shape index (κ1) is 22.6. The van der Waals surface area contributed by atoms with Gasteiger partial charge in [0, 0.05) is 13.1 Å². The standard InChI is InChI=1S/C29H29NO3/c31-27(20-30-19-23-10-4-1-5-11-23)26-16-17-28(32-21-24-12-6-2-7-13-24)29(18-26)33-22-25-14-8-3-9-15-25/h1-18,27,30-31H,19-22H2. The molecule has 0 aliphatic rings. The van der Waals surface area contributed by atoms with Crippen molar-refractivity contribution in [3.8, 4) is 11.5 Å². The number of aliphatic hydroxyl groups is 1. The van der Waals surface area contributed by atoms with E-state index in [1.54, 1.807) is 0 Å². The summed E-state index contributed by atoms with van der Waals surface area (Å²) in [6.07, 6.45) is -0.657. The van der Waals surface area contributed by atoms with Gasteiger partial charge in [0.2, 0.25) is 0 Å². The molecule has 1 unspecified atom stereocenters. The Bertz CT molecular complexity index is 1100. The molecule has 4 aromatic carbocycles. The van der Waals surface area contributed by atoms with E-state index in [4.69, 9.17) is 9.47 Å². The van der Waals surface area contributed by atoms with Gasteiger partial charge in [0.25, 0.3) is 0 Å². The van der Waals surface area contributed by atoms with Gasteiger partial charge in [0.05, 0.1) is 6.10 Å². The fourth-order valence-electron chi connectivity index (χ4n) is 3.50. The van der Waals surface area contributed by atoms with Crippen molar-refractivity contribution >= 4 is 0 Å². The quantitative estimate of drug-likeness (QED) is 0.316. The first-order valence-electron chi connectivity index (χ1n) is 11.2. The zero-order valence-corrected chi connectivity index (χ0v) is 18.6. The van der Waals surface area contributed by atoms with Crippen molar-refractivity contribution in [1.82, 2.24) is 5.32 Å². The SMILES string of the molecule is OC(CNCc1ccccc1)c1ccc(OCc2ccccc2)c(OCc2ccccc2)c1. The minimum absolute atomic E-state index is 0.425. The topological polar surface area (TPSA) is 50.7 Å². The zero-order valence-electron chi connectivity index (χ0n) is 18.6. The molecular formula is C29H29NO3. The second kappa shape index (κ2) is 11.9. The Kier molecular flexibility index (Phi) is 8.12. The monoisotopic (exact) mass is 439 g/mol. The zero-order chi connectivity index (χ0) is 22.7.